The van der Waals surface area contributed by atoms with E-state index in [0.717, 1.165) is 89.5 Å². The van der Waals surface area contributed by atoms with Crippen molar-refractivity contribution in [2.45, 2.75) is 33.6 Å². The molecule has 9 aromatic carbocycles. The van der Waals surface area contributed by atoms with Crippen LogP contribution in [-0.4, -0.2) is 18.7 Å². The van der Waals surface area contributed by atoms with Gasteiger partial charge in [-0.3, -0.25) is 13.7 Å². The maximum absolute atomic E-state index is 6.91. The lowest BCUT2D eigenvalue weighted by Crippen LogP contribution is -2.31. The van der Waals surface area contributed by atoms with Gasteiger partial charge in [0, 0.05) is 39.5 Å². The van der Waals surface area contributed by atoms with Crippen LogP contribution in [0.3, 0.4) is 0 Å². The molecule has 0 spiro atoms. The van der Waals surface area contributed by atoms with Gasteiger partial charge in [-0.1, -0.05) is 173 Å². The molecule has 13 rings (SSSR count). The van der Waals surface area contributed by atoms with Crippen LogP contribution in [0.15, 0.2) is 231 Å². The molecule has 1 atom stereocenters. The minimum absolute atomic E-state index is 0.0783. The zero-order valence-corrected chi connectivity index (χ0v) is 40.7. The summed E-state index contributed by atoms with van der Waals surface area (Å²) in [4.78, 5) is 5.06. The van der Waals surface area contributed by atoms with E-state index in [2.05, 4.69) is 271 Å². The van der Waals surface area contributed by atoms with Gasteiger partial charge in [0.25, 0.3) is 6.33 Å². The van der Waals surface area contributed by atoms with Crippen LogP contribution in [-0.2, 0) is 0 Å². The molecule has 6 heteroatoms. The predicted octanol–water partition coefficient (Wildman–Crippen LogP) is 16.6. The SMILES string of the molecule is CC(c1ccnc(-n2c3ccc(-n4c5ccccc5c5ccccc54)cc3c3ccc(Oc4cccc(-n5[c-][n+](-c6c(-c7ccccc7)cccc6-c6ccccc6)c6ccccc65)c4)cc32)c1)C(C)(C)C. The Morgan fingerprint density at radius 2 is 1.07 bits per heavy atom. The van der Waals surface area contributed by atoms with Gasteiger partial charge >= 0.3 is 0 Å². The van der Waals surface area contributed by atoms with Crippen molar-refractivity contribution in [3.05, 3.63) is 243 Å². The number of fused-ring (bicyclic) bond motifs is 7. The minimum Gasteiger partial charge on any atom is -0.458 e. The highest BCUT2D eigenvalue weighted by Gasteiger charge is 2.24. The number of pyridine rings is 1. The molecular weight excluding hydrogens is 879 g/mol. The van der Waals surface area contributed by atoms with Crippen LogP contribution in [0, 0.1) is 11.7 Å². The zero-order valence-electron chi connectivity index (χ0n) is 40.7. The first-order valence-electron chi connectivity index (χ1n) is 24.8. The van der Waals surface area contributed by atoms with Gasteiger partial charge in [-0.15, -0.1) is 0 Å². The lowest BCUT2D eigenvalue weighted by Gasteiger charge is -2.27. The molecule has 0 radical (unpaired) electrons. The lowest BCUT2D eigenvalue weighted by atomic mass is 9.78. The molecule has 346 valence electrons. The summed E-state index contributed by atoms with van der Waals surface area (Å²) in [7, 11) is 0. The third kappa shape index (κ3) is 7.25. The molecule has 13 aromatic rings. The van der Waals surface area contributed by atoms with Crippen molar-refractivity contribution in [2.75, 3.05) is 0 Å². The van der Waals surface area contributed by atoms with Gasteiger partial charge in [0.2, 0.25) is 0 Å². The normalized spacial score (nSPS) is 12.4. The van der Waals surface area contributed by atoms with Crippen molar-refractivity contribution in [3.63, 3.8) is 0 Å². The molecular formula is C66H51N5O. The Balaban J connectivity index is 0.941. The summed E-state index contributed by atoms with van der Waals surface area (Å²) < 4.78 is 16.0. The Morgan fingerprint density at radius 1 is 0.472 bits per heavy atom. The van der Waals surface area contributed by atoms with Crippen molar-refractivity contribution >= 4 is 54.6 Å². The summed E-state index contributed by atoms with van der Waals surface area (Å²) in [6.45, 7) is 9.21. The van der Waals surface area contributed by atoms with Crippen molar-refractivity contribution in [2.24, 2.45) is 5.41 Å². The first-order chi connectivity index (χ1) is 35.3. The van der Waals surface area contributed by atoms with Gasteiger partial charge in [0.1, 0.15) is 17.3 Å². The third-order valence-electron chi connectivity index (χ3n) is 14.7. The maximum atomic E-state index is 6.91. The van der Waals surface area contributed by atoms with Gasteiger partial charge in [-0.05, 0) is 112 Å². The van der Waals surface area contributed by atoms with Crippen LogP contribution >= 0.6 is 0 Å². The fraction of sp³-hybridized carbons (Fsp3) is 0.0909. The topological polar surface area (TPSA) is 40.8 Å². The fourth-order valence-electron chi connectivity index (χ4n) is 10.7. The highest BCUT2D eigenvalue weighted by atomic mass is 16.5. The van der Waals surface area contributed by atoms with Crippen LogP contribution < -0.4 is 9.30 Å². The molecule has 0 amide bonds. The fourth-order valence-corrected chi connectivity index (χ4v) is 10.7. The van der Waals surface area contributed by atoms with Gasteiger partial charge in [0.15, 0.2) is 0 Å². The quantitative estimate of drug-likeness (QED) is 0.107. The summed E-state index contributed by atoms with van der Waals surface area (Å²) in [5.74, 6) is 2.63. The van der Waals surface area contributed by atoms with E-state index in [1.165, 1.54) is 27.4 Å². The zero-order chi connectivity index (χ0) is 48.5. The Bertz CT molecular complexity index is 4080. The molecule has 0 bridgehead atoms. The van der Waals surface area contributed by atoms with E-state index in [9.17, 15) is 0 Å². The number of aromatic nitrogens is 5. The van der Waals surface area contributed by atoms with E-state index >= 15 is 0 Å². The highest BCUT2D eigenvalue weighted by Crippen LogP contribution is 2.41. The van der Waals surface area contributed by atoms with Gasteiger partial charge in [-0.2, -0.15) is 0 Å². The van der Waals surface area contributed by atoms with Gasteiger partial charge in [-0.25, -0.2) is 4.98 Å². The molecule has 4 heterocycles. The molecule has 72 heavy (non-hydrogen) atoms. The van der Waals surface area contributed by atoms with Crippen LogP contribution in [0.1, 0.15) is 39.2 Å². The van der Waals surface area contributed by atoms with Crippen LogP contribution in [0.2, 0.25) is 0 Å². The average molecular weight is 930 g/mol. The summed E-state index contributed by atoms with van der Waals surface area (Å²) in [5, 5.41) is 4.74. The molecule has 0 aliphatic heterocycles. The summed E-state index contributed by atoms with van der Waals surface area (Å²) >= 11 is 0. The summed E-state index contributed by atoms with van der Waals surface area (Å²) in [6.07, 6.45) is 5.78. The van der Waals surface area contributed by atoms with E-state index in [4.69, 9.17) is 9.72 Å². The van der Waals surface area contributed by atoms with E-state index in [0.29, 0.717) is 5.92 Å². The second-order valence-corrected chi connectivity index (χ2v) is 19.9. The molecule has 0 saturated carbocycles. The first-order valence-corrected chi connectivity index (χ1v) is 24.8. The van der Waals surface area contributed by atoms with Gasteiger partial charge < -0.3 is 9.30 Å². The van der Waals surface area contributed by atoms with E-state index < -0.39 is 0 Å². The number of rotatable bonds is 9. The summed E-state index contributed by atoms with van der Waals surface area (Å²) in [5.41, 5.74) is 15.5. The molecule has 0 N–H and O–H groups in total. The first kappa shape index (κ1) is 43.1. The second kappa shape index (κ2) is 17.1. The number of para-hydroxylation sites is 5. The van der Waals surface area contributed by atoms with Gasteiger partial charge in [0.05, 0.1) is 44.5 Å². The standard InChI is InChI=1S/C66H51N5O/c1-44(66(2,3)4)47-37-38-67-64(39-47)71-60-36-33-49(70-58-29-13-11-25-54(58)55-26-12-14-30-59(55)70)41-57(60)56-35-34-51(42-63(56)71)72-50-24-17-23-48(40-50)68-43-69(62-32-16-15-31-61(62)68)65-52(45-19-7-5-8-20-45)27-18-28-53(65)46-21-9-6-10-22-46/h5-42,44H,1-4H3. The molecule has 0 aliphatic rings. The Labute approximate surface area is 418 Å². The lowest BCUT2D eigenvalue weighted by molar-refractivity contribution is -0.571. The highest BCUT2D eigenvalue weighted by molar-refractivity contribution is 6.12. The largest absolute Gasteiger partial charge is 0.458 e. The third-order valence-corrected chi connectivity index (χ3v) is 14.7. The number of nitrogens with zero attached hydrogens (tertiary/aromatic N) is 5. The van der Waals surface area contributed by atoms with Crippen molar-refractivity contribution in [1.29, 1.82) is 0 Å². The Kier molecular flexibility index (Phi) is 10.3. The van der Waals surface area contributed by atoms with Crippen molar-refractivity contribution in [3.8, 4) is 56.6 Å². The summed E-state index contributed by atoms with van der Waals surface area (Å²) in [6, 6.07) is 79.7. The van der Waals surface area contributed by atoms with Crippen molar-refractivity contribution < 1.29 is 9.30 Å². The predicted molar refractivity (Wildman–Crippen MR) is 295 cm³/mol. The molecule has 0 fully saturated rings. The van der Waals surface area contributed by atoms with E-state index in [-0.39, 0.29) is 5.41 Å². The van der Waals surface area contributed by atoms with E-state index in [1.807, 2.05) is 12.3 Å². The number of imidazole rings is 1. The van der Waals surface area contributed by atoms with Crippen LogP contribution in [0.4, 0.5) is 0 Å². The van der Waals surface area contributed by atoms with Crippen molar-refractivity contribution in [1.82, 2.24) is 18.7 Å². The Hall–Kier alpha value is -9.00. The second-order valence-electron chi connectivity index (χ2n) is 19.9. The number of hydrogen-bond acceptors (Lipinski definition) is 2. The number of hydrogen-bond donors (Lipinski definition) is 0. The molecule has 0 saturated heterocycles. The molecule has 0 aliphatic carbocycles. The number of benzene rings is 9. The minimum atomic E-state index is 0.0783. The van der Waals surface area contributed by atoms with E-state index in [1.54, 1.807) is 0 Å². The molecule has 6 nitrogen and oxygen atoms in total. The maximum Gasteiger partial charge on any atom is 0.269 e. The molecule has 4 aromatic heterocycles. The average Bonchev–Trinajstić information content (AvgIpc) is 4.08. The smallest absolute Gasteiger partial charge is 0.269 e. The van der Waals surface area contributed by atoms with Crippen LogP contribution in [0.5, 0.6) is 11.5 Å². The van der Waals surface area contributed by atoms with Crippen LogP contribution in [0.25, 0.3) is 99.8 Å². The monoisotopic (exact) mass is 929 g/mol. The molecule has 1 unspecified atom stereocenters. The number of ether oxygens (including phenoxy) is 1. The Morgan fingerprint density at radius 3 is 1.76 bits per heavy atom.